The SMILES string of the molecule is Nc1ccc(-c2ccc(-c3cccc(-c4ccc(-c5ccc(N)cc5)cc4)c3-c3ccc(-c4ccc(N)cc4)cc3)cc2)cc1. The van der Waals surface area contributed by atoms with Crippen molar-refractivity contribution in [2.75, 3.05) is 17.2 Å². The van der Waals surface area contributed by atoms with E-state index in [2.05, 4.69) is 127 Å². The second-order valence-corrected chi connectivity index (χ2v) is 11.3. The maximum Gasteiger partial charge on any atom is 0.0314 e. The van der Waals surface area contributed by atoms with Crippen LogP contribution in [0.4, 0.5) is 17.1 Å². The molecule has 0 aliphatic carbocycles. The van der Waals surface area contributed by atoms with E-state index in [1.807, 2.05) is 36.4 Å². The molecule has 0 heterocycles. The Bertz CT molecular complexity index is 1950. The van der Waals surface area contributed by atoms with Crippen LogP contribution in [-0.4, -0.2) is 0 Å². The molecule has 3 nitrogen and oxygen atoms in total. The molecule has 0 aliphatic rings. The molecule has 0 bridgehead atoms. The van der Waals surface area contributed by atoms with Crippen molar-refractivity contribution in [3.63, 3.8) is 0 Å². The first-order valence-electron chi connectivity index (χ1n) is 15.0. The first-order chi connectivity index (χ1) is 22.0. The molecule has 0 aromatic heterocycles. The number of anilines is 3. The summed E-state index contributed by atoms with van der Waals surface area (Å²) in [6.07, 6.45) is 0. The Morgan fingerprint density at radius 2 is 0.444 bits per heavy atom. The minimum Gasteiger partial charge on any atom is -0.399 e. The summed E-state index contributed by atoms with van der Waals surface area (Å²) in [5.74, 6) is 0. The molecule has 0 saturated heterocycles. The van der Waals surface area contributed by atoms with Crippen molar-refractivity contribution in [1.29, 1.82) is 0 Å². The lowest BCUT2D eigenvalue weighted by atomic mass is 9.86. The number of hydrogen-bond donors (Lipinski definition) is 3. The van der Waals surface area contributed by atoms with Gasteiger partial charge in [0.1, 0.15) is 0 Å². The van der Waals surface area contributed by atoms with E-state index in [0.29, 0.717) is 0 Å². The predicted molar refractivity (Wildman–Crippen MR) is 192 cm³/mol. The zero-order valence-electron chi connectivity index (χ0n) is 24.8. The first-order valence-corrected chi connectivity index (χ1v) is 15.0. The molecular formula is C42H33N3. The lowest BCUT2D eigenvalue weighted by Crippen LogP contribution is -1.92. The molecule has 0 amide bonds. The molecule has 7 rings (SSSR count). The summed E-state index contributed by atoms with van der Waals surface area (Å²) < 4.78 is 0. The number of nitrogen functional groups attached to an aromatic ring is 3. The van der Waals surface area contributed by atoms with Gasteiger partial charge in [0.15, 0.2) is 0 Å². The molecule has 0 unspecified atom stereocenters. The van der Waals surface area contributed by atoms with E-state index < -0.39 is 0 Å². The molecule has 0 aliphatic heterocycles. The van der Waals surface area contributed by atoms with Crippen molar-refractivity contribution in [2.45, 2.75) is 0 Å². The Morgan fingerprint density at radius 1 is 0.222 bits per heavy atom. The van der Waals surface area contributed by atoms with Gasteiger partial charge in [0, 0.05) is 17.1 Å². The highest BCUT2D eigenvalue weighted by Gasteiger charge is 2.15. The highest BCUT2D eigenvalue weighted by Crippen LogP contribution is 2.41. The molecule has 0 fully saturated rings. The summed E-state index contributed by atoms with van der Waals surface area (Å²) in [6, 6.07) is 57.0. The molecule has 6 N–H and O–H groups in total. The molecule has 45 heavy (non-hydrogen) atoms. The van der Waals surface area contributed by atoms with Crippen molar-refractivity contribution in [3.05, 3.63) is 164 Å². The largest absolute Gasteiger partial charge is 0.399 e. The fourth-order valence-electron chi connectivity index (χ4n) is 5.88. The van der Waals surface area contributed by atoms with Gasteiger partial charge in [-0.15, -0.1) is 0 Å². The number of hydrogen-bond acceptors (Lipinski definition) is 3. The molecule has 216 valence electrons. The topological polar surface area (TPSA) is 78.1 Å². The number of benzene rings is 7. The number of nitrogens with two attached hydrogens (primary N) is 3. The predicted octanol–water partition coefficient (Wildman–Crippen LogP) is 10.4. The van der Waals surface area contributed by atoms with Crippen LogP contribution in [0.3, 0.4) is 0 Å². The van der Waals surface area contributed by atoms with Gasteiger partial charge in [-0.25, -0.2) is 0 Å². The minimum atomic E-state index is 0.763. The van der Waals surface area contributed by atoms with Gasteiger partial charge in [-0.2, -0.15) is 0 Å². The van der Waals surface area contributed by atoms with Gasteiger partial charge >= 0.3 is 0 Å². The maximum atomic E-state index is 5.94. The van der Waals surface area contributed by atoms with Crippen LogP contribution in [0.15, 0.2) is 164 Å². The summed E-state index contributed by atoms with van der Waals surface area (Å²) in [5, 5.41) is 0. The Morgan fingerprint density at radius 3 is 0.733 bits per heavy atom. The van der Waals surface area contributed by atoms with E-state index in [1.54, 1.807) is 0 Å². The van der Waals surface area contributed by atoms with Gasteiger partial charge in [0.05, 0.1) is 0 Å². The van der Waals surface area contributed by atoms with Crippen LogP contribution >= 0.6 is 0 Å². The van der Waals surface area contributed by atoms with Crippen LogP contribution in [-0.2, 0) is 0 Å². The van der Waals surface area contributed by atoms with E-state index in [4.69, 9.17) is 17.2 Å². The van der Waals surface area contributed by atoms with E-state index in [0.717, 1.165) is 67.1 Å². The Hall–Kier alpha value is -6.06. The van der Waals surface area contributed by atoms with Gasteiger partial charge in [0.2, 0.25) is 0 Å². The summed E-state index contributed by atoms with van der Waals surface area (Å²) in [4.78, 5) is 0. The summed E-state index contributed by atoms with van der Waals surface area (Å²) in [5.41, 5.74) is 34.0. The average molecular weight is 580 g/mol. The third-order valence-corrected chi connectivity index (χ3v) is 8.36. The van der Waals surface area contributed by atoms with Gasteiger partial charge in [-0.1, -0.05) is 127 Å². The highest BCUT2D eigenvalue weighted by molar-refractivity contribution is 5.95. The summed E-state index contributed by atoms with van der Waals surface area (Å²) in [7, 11) is 0. The Balaban J connectivity index is 1.32. The molecular weight excluding hydrogens is 546 g/mol. The molecule has 7 aromatic carbocycles. The monoisotopic (exact) mass is 579 g/mol. The van der Waals surface area contributed by atoms with Crippen molar-refractivity contribution >= 4 is 17.1 Å². The van der Waals surface area contributed by atoms with Gasteiger partial charge in [0.25, 0.3) is 0 Å². The van der Waals surface area contributed by atoms with Crippen molar-refractivity contribution in [1.82, 2.24) is 0 Å². The summed E-state index contributed by atoms with van der Waals surface area (Å²) in [6.45, 7) is 0. The van der Waals surface area contributed by atoms with Crippen molar-refractivity contribution in [2.24, 2.45) is 0 Å². The molecule has 0 atom stereocenters. The van der Waals surface area contributed by atoms with Crippen LogP contribution in [0.2, 0.25) is 0 Å². The van der Waals surface area contributed by atoms with E-state index in [-0.39, 0.29) is 0 Å². The van der Waals surface area contributed by atoms with E-state index in [1.165, 1.54) is 16.7 Å². The standard InChI is InChI=1S/C42H33N3/c43-37-22-16-31(17-23-37)28-4-10-34(11-5-28)40-2-1-3-41(35-12-6-29(7-13-35)32-18-24-38(44)25-19-32)42(40)36-14-8-30(9-15-36)33-20-26-39(45)27-21-33/h1-27H,43-45H2. The molecule has 0 spiro atoms. The van der Waals surface area contributed by atoms with Crippen molar-refractivity contribution < 1.29 is 0 Å². The molecule has 0 radical (unpaired) electrons. The Labute approximate surface area is 264 Å². The molecule has 7 aromatic rings. The third-order valence-electron chi connectivity index (χ3n) is 8.36. The van der Waals surface area contributed by atoms with E-state index >= 15 is 0 Å². The lowest BCUT2D eigenvalue weighted by molar-refractivity contribution is 1.54. The number of rotatable bonds is 6. The lowest BCUT2D eigenvalue weighted by Gasteiger charge is -2.17. The second-order valence-electron chi connectivity index (χ2n) is 11.3. The minimum absolute atomic E-state index is 0.763. The zero-order valence-corrected chi connectivity index (χ0v) is 24.8. The van der Waals surface area contributed by atoms with Crippen LogP contribution in [0.1, 0.15) is 0 Å². The second kappa shape index (κ2) is 11.9. The highest BCUT2D eigenvalue weighted by atomic mass is 14.5. The van der Waals surface area contributed by atoms with Crippen LogP contribution < -0.4 is 17.2 Å². The first kappa shape index (κ1) is 27.8. The maximum absolute atomic E-state index is 5.94. The fourth-order valence-corrected chi connectivity index (χ4v) is 5.88. The third kappa shape index (κ3) is 5.80. The van der Waals surface area contributed by atoms with Crippen LogP contribution in [0.5, 0.6) is 0 Å². The summed E-state index contributed by atoms with van der Waals surface area (Å²) >= 11 is 0. The quantitative estimate of drug-likeness (QED) is 0.172. The Kier molecular flexibility index (Phi) is 7.34. The van der Waals surface area contributed by atoms with Gasteiger partial charge in [-0.3, -0.25) is 0 Å². The molecule has 3 heteroatoms. The normalized spacial score (nSPS) is 10.9. The smallest absolute Gasteiger partial charge is 0.0314 e. The van der Waals surface area contributed by atoms with Crippen LogP contribution in [0.25, 0.3) is 66.8 Å². The van der Waals surface area contributed by atoms with Gasteiger partial charge < -0.3 is 17.2 Å². The molecule has 0 saturated carbocycles. The zero-order chi connectivity index (χ0) is 30.8. The van der Waals surface area contributed by atoms with Crippen molar-refractivity contribution in [3.8, 4) is 66.8 Å². The van der Waals surface area contributed by atoms with E-state index in [9.17, 15) is 0 Å². The average Bonchev–Trinajstić information content (AvgIpc) is 3.09. The van der Waals surface area contributed by atoms with Crippen LogP contribution in [0, 0.1) is 0 Å². The van der Waals surface area contributed by atoms with Gasteiger partial charge in [-0.05, 0) is 103 Å². The fraction of sp³-hybridized carbons (Fsp3) is 0.